The first kappa shape index (κ1) is 16.1. The summed E-state index contributed by atoms with van der Waals surface area (Å²) in [6.45, 7) is 3.50. The van der Waals surface area contributed by atoms with E-state index in [2.05, 4.69) is 33.4 Å². The molecular weight excluding hydrogens is 318 g/mol. The molecule has 1 aliphatic rings. The van der Waals surface area contributed by atoms with Crippen LogP contribution in [0.2, 0.25) is 0 Å². The van der Waals surface area contributed by atoms with E-state index in [1.165, 1.54) is 11.1 Å². The van der Waals surface area contributed by atoms with Crippen LogP contribution >= 0.6 is 0 Å². The van der Waals surface area contributed by atoms with E-state index in [-0.39, 0.29) is 6.10 Å². The summed E-state index contributed by atoms with van der Waals surface area (Å²) in [6.07, 6.45) is 1.12. The van der Waals surface area contributed by atoms with Gasteiger partial charge in [-0.15, -0.1) is 0 Å². The third-order valence-corrected chi connectivity index (χ3v) is 4.57. The predicted octanol–water partition coefficient (Wildman–Crippen LogP) is 2.67. The van der Waals surface area contributed by atoms with Crippen molar-refractivity contribution in [2.24, 2.45) is 0 Å². The van der Waals surface area contributed by atoms with Crippen molar-refractivity contribution in [2.75, 3.05) is 26.8 Å². The molecule has 1 aliphatic heterocycles. The summed E-state index contributed by atoms with van der Waals surface area (Å²) in [7, 11) is 1.68. The largest absolute Gasteiger partial charge is 0.497 e. The van der Waals surface area contributed by atoms with Crippen LogP contribution in [-0.4, -0.2) is 48.1 Å². The Morgan fingerprint density at radius 1 is 1.08 bits per heavy atom. The molecule has 3 aromatic rings. The highest BCUT2D eigenvalue weighted by Crippen LogP contribution is 2.18. The van der Waals surface area contributed by atoms with Gasteiger partial charge in [0.1, 0.15) is 16.8 Å². The third-order valence-electron chi connectivity index (χ3n) is 4.57. The maximum Gasteiger partial charge on any atom is 0.135 e. The summed E-state index contributed by atoms with van der Waals surface area (Å²) < 4.78 is 15.9. The number of morpholine rings is 1. The number of hydrogen-bond donors (Lipinski definition) is 0. The number of nitrogens with zero attached hydrogens (tertiary/aromatic N) is 3. The van der Waals surface area contributed by atoms with Gasteiger partial charge in [-0.1, -0.05) is 18.2 Å². The maximum absolute atomic E-state index is 5.95. The van der Waals surface area contributed by atoms with E-state index in [4.69, 9.17) is 14.1 Å². The van der Waals surface area contributed by atoms with Gasteiger partial charge in [-0.2, -0.15) is 0 Å². The van der Waals surface area contributed by atoms with Crippen molar-refractivity contribution in [1.29, 1.82) is 0 Å². The molecule has 1 fully saturated rings. The fourth-order valence-electron chi connectivity index (χ4n) is 3.26. The summed E-state index contributed by atoms with van der Waals surface area (Å²) in [5.74, 6) is 0.882. The first-order valence-corrected chi connectivity index (χ1v) is 8.48. The van der Waals surface area contributed by atoms with Crippen LogP contribution in [0.3, 0.4) is 0 Å². The fraction of sp³-hybridized carbons (Fsp3) is 0.368. The van der Waals surface area contributed by atoms with Gasteiger partial charge in [0.05, 0.1) is 19.8 Å². The Balaban J connectivity index is 1.38. The van der Waals surface area contributed by atoms with Crippen LogP contribution in [0.4, 0.5) is 0 Å². The smallest absolute Gasteiger partial charge is 0.135 e. The highest BCUT2D eigenvalue weighted by molar-refractivity contribution is 5.73. The lowest BCUT2D eigenvalue weighted by atomic mass is 10.1. The van der Waals surface area contributed by atoms with E-state index >= 15 is 0 Å². The van der Waals surface area contributed by atoms with Gasteiger partial charge in [0.25, 0.3) is 0 Å². The van der Waals surface area contributed by atoms with Crippen molar-refractivity contribution in [3.05, 3.63) is 53.6 Å². The molecule has 6 heteroatoms. The molecule has 1 saturated heterocycles. The van der Waals surface area contributed by atoms with Crippen LogP contribution in [0.25, 0.3) is 11.0 Å². The topological polar surface area (TPSA) is 60.6 Å². The Kier molecular flexibility index (Phi) is 4.63. The van der Waals surface area contributed by atoms with Gasteiger partial charge in [0.15, 0.2) is 0 Å². The minimum Gasteiger partial charge on any atom is -0.497 e. The molecule has 0 bridgehead atoms. The number of hydrogen-bond acceptors (Lipinski definition) is 6. The van der Waals surface area contributed by atoms with Gasteiger partial charge < -0.3 is 9.47 Å². The molecular formula is C19H21N3O3. The summed E-state index contributed by atoms with van der Waals surface area (Å²) >= 11 is 0. The van der Waals surface area contributed by atoms with E-state index in [0.29, 0.717) is 0 Å². The molecule has 0 spiro atoms. The number of methoxy groups -OCH3 is 1. The first-order valence-electron chi connectivity index (χ1n) is 8.48. The van der Waals surface area contributed by atoms with Crippen LogP contribution in [-0.2, 0) is 17.7 Å². The highest BCUT2D eigenvalue weighted by Gasteiger charge is 2.21. The van der Waals surface area contributed by atoms with Crippen LogP contribution in [0.15, 0.2) is 47.1 Å². The standard InChI is InChI=1S/C19H21N3O3/c1-23-16-5-2-14(3-6-16)10-17-13-22(8-9-24-17)12-15-4-7-18-19(11-15)21-25-20-18/h2-7,11,17H,8-10,12-13H2,1H3. The molecule has 0 amide bonds. The Hall–Kier alpha value is -2.44. The molecule has 0 saturated carbocycles. The highest BCUT2D eigenvalue weighted by atomic mass is 16.6. The van der Waals surface area contributed by atoms with Crippen molar-refractivity contribution in [1.82, 2.24) is 15.2 Å². The van der Waals surface area contributed by atoms with Gasteiger partial charge in [-0.05, 0) is 52.1 Å². The molecule has 1 atom stereocenters. The summed E-state index contributed by atoms with van der Waals surface area (Å²) in [5.41, 5.74) is 4.08. The zero-order valence-corrected chi connectivity index (χ0v) is 14.2. The fourth-order valence-corrected chi connectivity index (χ4v) is 3.26. The molecule has 1 aromatic heterocycles. The van der Waals surface area contributed by atoms with Gasteiger partial charge in [0, 0.05) is 19.6 Å². The van der Waals surface area contributed by atoms with Crippen LogP contribution in [0.1, 0.15) is 11.1 Å². The second-order valence-corrected chi connectivity index (χ2v) is 6.37. The molecule has 25 heavy (non-hydrogen) atoms. The molecule has 2 aromatic carbocycles. The Morgan fingerprint density at radius 2 is 1.88 bits per heavy atom. The van der Waals surface area contributed by atoms with Crippen molar-refractivity contribution < 1.29 is 14.1 Å². The Bertz CT molecular complexity index is 831. The van der Waals surface area contributed by atoms with E-state index in [1.54, 1.807) is 7.11 Å². The maximum atomic E-state index is 5.95. The van der Waals surface area contributed by atoms with Crippen molar-refractivity contribution in [2.45, 2.75) is 19.1 Å². The zero-order valence-electron chi connectivity index (χ0n) is 14.2. The first-order chi connectivity index (χ1) is 12.3. The van der Waals surface area contributed by atoms with E-state index in [0.717, 1.165) is 49.4 Å². The molecule has 0 radical (unpaired) electrons. The lowest BCUT2D eigenvalue weighted by Crippen LogP contribution is -2.42. The van der Waals surface area contributed by atoms with Crippen LogP contribution in [0, 0.1) is 0 Å². The van der Waals surface area contributed by atoms with E-state index in [9.17, 15) is 0 Å². The molecule has 6 nitrogen and oxygen atoms in total. The van der Waals surface area contributed by atoms with Gasteiger partial charge in [-0.25, -0.2) is 4.63 Å². The number of rotatable bonds is 5. The number of aromatic nitrogens is 2. The van der Waals surface area contributed by atoms with Gasteiger partial charge >= 0.3 is 0 Å². The lowest BCUT2D eigenvalue weighted by molar-refractivity contribution is -0.0304. The Labute approximate surface area is 146 Å². The summed E-state index contributed by atoms with van der Waals surface area (Å²) in [4.78, 5) is 2.42. The second kappa shape index (κ2) is 7.21. The quantitative estimate of drug-likeness (QED) is 0.712. The summed E-state index contributed by atoms with van der Waals surface area (Å²) in [6, 6.07) is 14.3. The minimum atomic E-state index is 0.208. The number of benzene rings is 2. The zero-order chi connectivity index (χ0) is 17.1. The number of fused-ring (bicyclic) bond motifs is 1. The lowest BCUT2D eigenvalue weighted by Gasteiger charge is -2.33. The molecule has 0 aliphatic carbocycles. The summed E-state index contributed by atoms with van der Waals surface area (Å²) in [5, 5.41) is 7.77. The average molecular weight is 339 g/mol. The van der Waals surface area contributed by atoms with Crippen LogP contribution in [0.5, 0.6) is 5.75 Å². The second-order valence-electron chi connectivity index (χ2n) is 6.37. The van der Waals surface area contributed by atoms with Gasteiger partial charge in [0.2, 0.25) is 0 Å². The minimum absolute atomic E-state index is 0.208. The van der Waals surface area contributed by atoms with Crippen LogP contribution < -0.4 is 4.74 Å². The van der Waals surface area contributed by atoms with E-state index in [1.807, 2.05) is 24.3 Å². The average Bonchev–Trinajstić information content (AvgIpc) is 3.10. The van der Waals surface area contributed by atoms with E-state index < -0.39 is 0 Å². The third kappa shape index (κ3) is 3.81. The van der Waals surface area contributed by atoms with Crippen molar-refractivity contribution in [3.63, 3.8) is 0 Å². The Morgan fingerprint density at radius 3 is 2.72 bits per heavy atom. The normalized spacial score (nSPS) is 18.5. The van der Waals surface area contributed by atoms with Crippen molar-refractivity contribution >= 4 is 11.0 Å². The van der Waals surface area contributed by atoms with Gasteiger partial charge in [-0.3, -0.25) is 4.90 Å². The predicted molar refractivity (Wildman–Crippen MR) is 93.5 cm³/mol. The SMILES string of the molecule is COc1ccc(CC2CN(Cc3ccc4nonc4c3)CCO2)cc1. The molecule has 4 rings (SSSR count). The molecule has 130 valence electrons. The van der Waals surface area contributed by atoms with Crippen molar-refractivity contribution in [3.8, 4) is 5.75 Å². The molecule has 2 heterocycles. The molecule has 1 unspecified atom stereocenters. The molecule has 0 N–H and O–H groups in total. The monoisotopic (exact) mass is 339 g/mol. The number of ether oxygens (including phenoxy) is 2.